The molecule has 4 rings (SSSR count). The number of rotatable bonds is 10. The number of carbonyl (C=O) groups excluding carboxylic acids is 2. The van der Waals surface area contributed by atoms with Gasteiger partial charge in [0.05, 0.1) is 15.6 Å². The highest BCUT2D eigenvalue weighted by Gasteiger charge is 2.34. The van der Waals surface area contributed by atoms with Crippen LogP contribution >= 0.6 is 46.4 Å². The zero-order valence-corrected chi connectivity index (χ0v) is 26.0. The van der Waals surface area contributed by atoms with Crippen molar-refractivity contribution in [1.29, 1.82) is 0 Å². The number of hydrogen-bond donors (Lipinski definition) is 1. The summed E-state index contributed by atoms with van der Waals surface area (Å²) < 4.78 is 28.7. The highest BCUT2D eigenvalue weighted by atomic mass is 35.5. The van der Waals surface area contributed by atoms with Gasteiger partial charge in [-0.05, 0) is 67.8 Å². The Bertz CT molecular complexity index is 1520. The molecule has 41 heavy (non-hydrogen) atoms. The largest absolute Gasteiger partial charge is 0.352 e. The van der Waals surface area contributed by atoms with E-state index in [1.165, 1.54) is 35.2 Å². The molecule has 0 heterocycles. The topological polar surface area (TPSA) is 86.8 Å². The molecule has 0 aliphatic heterocycles. The van der Waals surface area contributed by atoms with Crippen LogP contribution in [0.3, 0.4) is 0 Å². The number of nitrogens with zero attached hydrogens (tertiary/aromatic N) is 2. The van der Waals surface area contributed by atoms with E-state index in [0.717, 1.165) is 30.0 Å². The molecule has 0 aromatic heterocycles. The third-order valence-corrected chi connectivity index (χ3v) is 9.91. The van der Waals surface area contributed by atoms with Gasteiger partial charge in [-0.1, -0.05) is 83.5 Å². The summed E-state index contributed by atoms with van der Waals surface area (Å²) >= 11 is 25.0. The second-order valence-corrected chi connectivity index (χ2v) is 13.4. The van der Waals surface area contributed by atoms with Gasteiger partial charge in [-0.15, -0.1) is 0 Å². The van der Waals surface area contributed by atoms with E-state index < -0.39 is 28.5 Å². The fraction of sp³-hybridized carbons (Fsp3) is 0.310. The van der Waals surface area contributed by atoms with E-state index in [-0.39, 0.29) is 34.1 Å². The molecule has 218 valence electrons. The van der Waals surface area contributed by atoms with Gasteiger partial charge in [0.25, 0.3) is 10.0 Å². The molecule has 3 aromatic carbocycles. The standard InChI is InChI=1S/C29H29Cl4N3O4S/c1-19(29(38)34-23-7-5-6-8-23)35(17-20-11-12-21(30)15-25(20)32)28(37)18-36(27-14-13-22(31)16-26(27)33)41(39,40)24-9-3-2-4-10-24/h2-4,9-16,19,23H,5-8,17-18H2,1H3,(H,34,38)/t19-/m1/s1. The summed E-state index contributed by atoms with van der Waals surface area (Å²) in [5.74, 6) is -0.965. The molecule has 2 amide bonds. The molecular weight excluding hydrogens is 628 g/mol. The third kappa shape index (κ3) is 7.67. The zero-order chi connectivity index (χ0) is 29.7. The Morgan fingerprint density at radius 3 is 2.12 bits per heavy atom. The van der Waals surface area contributed by atoms with Crippen molar-refractivity contribution in [2.45, 2.75) is 56.1 Å². The van der Waals surface area contributed by atoms with Crippen molar-refractivity contribution in [3.05, 3.63) is 92.4 Å². The molecule has 1 aliphatic carbocycles. The number of amides is 2. The van der Waals surface area contributed by atoms with E-state index in [0.29, 0.717) is 20.6 Å². The lowest BCUT2D eigenvalue weighted by Gasteiger charge is -2.33. The van der Waals surface area contributed by atoms with Crippen molar-refractivity contribution in [2.24, 2.45) is 0 Å². The van der Waals surface area contributed by atoms with Gasteiger partial charge in [0, 0.05) is 27.7 Å². The molecule has 12 heteroatoms. The van der Waals surface area contributed by atoms with Crippen LogP contribution in [0.2, 0.25) is 20.1 Å². The second-order valence-electron chi connectivity index (χ2n) is 9.84. The lowest BCUT2D eigenvalue weighted by atomic mass is 10.1. The van der Waals surface area contributed by atoms with Crippen LogP contribution in [0.1, 0.15) is 38.2 Å². The van der Waals surface area contributed by atoms with Crippen LogP contribution in [0.5, 0.6) is 0 Å². The van der Waals surface area contributed by atoms with Crippen molar-refractivity contribution in [3.63, 3.8) is 0 Å². The summed E-state index contributed by atoms with van der Waals surface area (Å²) in [6, 6.07) is 16.0. The maximum Gasteiger partial charge on any atom is 0.264 e. The number of benzene rings is 3. The highest BCUT2D eigenvalue weighted by Crippen LogP contribution is 2.33. The van der Waals surface area contributed by atoms with Gasteiger partial charge < -0.3 is 10.2 Å². The Balaban J connectivity index is 1.72. The van der Waals surface area contributed by atoms with Crippen LogP contribution in [0.4, 0.5) is 5.69 Å². The van der Waals surface area contributed by atoms with Crippen molar-refractivity contribution < 1.29 is 18.0 Å². The van der Waals surface area contributed by atoms with Crippen LogP contribution in [0.15, 0.2) is 71.6 Å². The SMILES string of the molecule is C[C@H](C(=O)NC1CCCC1)N(Cc1ccc(Cl)cc1Cl)C(=O)CN(c1ccc(Cl)cc1Cl)S(=O)(=O)c1ccccc1. The van der Waals surface area contributed by atoms with Gasteiger partial charge in [-0.3, -0.25) is 13.9 Å². The predicted molar refractivity (Wildman–Crippen MR) is 164 cm³/mol. The molecule has 3 aromatic rings. The van der Waals surface area contributed by atoms with E-state index in [1.807, 2.05) is 0 Å². The fourth-order valence-electron chi connectivity index (χ4n) is 4.72. The third-order valence-electron chi connectivity index (χ3n) is 7.01. The Morgan fingerprint density at radius 1 is 0.902 bits per heavy atom. The predicted octanol–water partition coefficient (Wildman–Crippen LogP) is 6.97. The van der Waals surface area contributed by atoms with Crippen LogP contribution < -0.4 is 9.62 Å². The zero-order valence-electron chi connectivity index (χ0n) is 22.2. The van der Waals surface area contributed by atoms with E-state index in [2.05, 4.69) is 5.32 Å². The van der Waals surface area contributed by atoms with Gasteiger partial charge in [-0.2, -0.15) is 0 Å². The molecular formula is C29H29Cl4N3O4S. The monoisotopic (exact) mass is 655 g/mol. The molecule has 1 N–H and O–H groups in total. The van der Waals surface area contributed by atoms with Gasteiger partial charge in [0.2, 0.25) is 11.8 Å². The van der Waals surface area contributed by atoms with Gasteiger partial charge in [0.1, 0.15) is 12.6 Å². The van der Waals surface area contributed by atoms with Crippen molar-refractivity contribution >= 4 is 73.9 Å². The quantitative estimate of drug-likeness (QED) is 0.255. The van der Waals surface area contributed by atoms with E-state index in [9.17, 15) is 18.0 Å². The first-order chi connectivity index (χ1) is 19.5. The van der Waals surface area contributed by atoms with Crippen LogP contribution in [-0.4, -0.2) is 43.8 Å². The molecule has 0 radical (unpaired) electrons. The van der Waals surface area contributed by atoms with Gasteiger partial charge >= 0.3 is 0 Å². The van der Waals surface area contributed by atoms with Crippen molar-refractivity contribution in [2.75, 3.05) is 10.8 Å². The summed E-state index contributed by atoms with van der Waals surface area (Å²) in [5, 5.41) is 4.11. The lowest BCUT2D eigenvalue weighted by molar-refractivity contribution is -0.139. The van der Waals surface area contributed by atoms with Crippen molar-refractivity contribution in [1.82, 2.24) is 10.2 Å². The first-order valence-corrected chi connectivity index (χ1v) is 16.0. The average Bonchev–Trinajstić information content (AvgIpc) is 3.44. The molecule has 0 saturated heterocycles. The molecule has 0 spiro atoms. The minimum Gasteiger partial charge on any atom is -0.352 e. The lowest BCUT2D eigenvalue weighted by Crippen LogP contribution is -2.52. The molecule has 0 bridgehead atoms. The Hall–Kier alpha value is -2.49. The van der Waals surface area contributed by atoms with Crippen molar-refractivity contribution in [3.8, 4) is 0 Å². The molecule has 1 saturated carbocycles. The first kappa shape index (κ1) is 31.4. The van der Waals surface area contributed by atoms with Crippen LogP contribution in [0, 0.1) is 0 Å². The van der Waals surface area contributed by atoms with Gasteiger partial charge in [-0.25, -0.2) is 8.42 Å². The summed E-state index contributed by atoms with van der Waals surface area (Å²) in [7, 11) is -4.26. The number of hydrogen-bond acceptors (Lipinski definition) is 4. The number of anilines is 1. The van der Waals surface area contributed by atoms with Gasteiger partial charge in [0.15, 0.2) is 0 Å². The Kier molecular flexibility index (Phi) is 10.5. The molecule has 1 fully saturated rings. The molecule has 1 aliphatic rings. The minimum atomic E-state index is -4.26. The highest BCUT2D eigenvalue weighted by molar-refractivity contribution is 7.92. The number of nitrogens with one attached hydrogen (secondary N) is 1. The smallest absolute Gasteiger partial charge is 0.264 e. The number of carbonyl (C=O) groups is 2. The second kappa shape index (κ2) is 13.7. The molecule has 1 atom stereocenters. The summed E-state index contributed by atoms with van der Waals surface area (Å²) in [4.78, 5) is 28.7. The normalized spacial score (nSPS) is 14.5. The Morgan fingerprint density at radius 2 is 1.51 bits per heavy atom. The maximum absolute atomic E-state index is 14.1. The Labute approximate surface area is 260 Å². The summed E-state index contributed by atoms with van der Waals surface area (Å²) in [6.07, 6.45) is 3.79. The minimum absolute atomic E-state index is 0.0295. The first-order valence-electron chi connectivity index (χ1n) is 13.0. The van der Waals surface area contributed by atoms with E-state index in [1.54, 1.807) is 43.3 Å². The van der Waals surface area contributed by atoms with E-state index >= 15 is 0 Å². The van der Waals surface area contributed by atoms with E-state index in [4.69, 9.17) is 46.4 Å². The summed E-state index contributed by atoms with van der Waals surface area (Å²) in [6.45, 7) is 0.920. The maximum atomic E-state index is 14.1. The summed E-state index contributed by atoms with van der Waals surface area (Å²) in [5.41, 5.74) is 0.618. The number of halogens is 4. The van der Waals surface area contributed by atoms with Crippen LogP contribution in [-0.2, 0) is 26.2 Å². The average molecular weight is 657 g/mol. The molecule has 0 unspecified atom stereocenters. The molecule has 7 nitrogen and oxygen atoms in total. The van der Waals surface area contributed by atoms with Crippen LogP contribution in [0.25, 0.3) is 0 Å². The fourth-order valence-corrected chi connectivity index (χ4v) is 7.21. The number of sulfonamides is 1.